The van der Waals surface area contributed by atoms with E-state index in [-0.39, 0.29) is 24.1 Å². The topological polar surface area (TPSA) is 80.3 Å². The Morgan fingerprint density at radius 2 is 1.54 bits per heavy atom. The lowest BCUT2D eigenvalue weighted by molar-refractivity contribution is -0.132. The maximum atomic E-state index is 13.5. The molecule has 6 rings (SSSR count). The molecular formula is C27H22F2N6O2. The summed E-state index contributed by atoms with van der Waals surface area (Å²) in [6.07, 6.45) is 3.37. The van der Waals surface area contributed by atoms with E-state index in [1.807, 2.05) is 12.1 Å². The number of nitrogens with zero attached hydrogens (tertiary/aromatic N) is 6. The normalized spacial score (nSPS) is 13.9. The van der Waals surface area contributed by atoms with Crippen molar-refractivity contribution in [1.82, 2.24) is 24.6 Å². The number of aromatic nitrogens is 4. The van der Waals surface area contributed by atoms with Gasteiger partial charge in [0.1, 0.15) is 29.6 Å². The fourth-order valence-corrected chi connectivity index (χ4v) is 4.51. The van der Waals surface area contributed by atoms with Gasteiger partial charge in [0.25, 0.3) is 0 Å². The number of carbonyl (C=O) groups excluding carboxylic acids is 1. The van der Waals surface area contributed by atoms with Crippen molar-refractivity contribution in [2.24, 2.45) is 0 Å². The average Bonchev–Trinajstić information content (AvgIpc) is 3.57. The predicted octanol–water partition coefficient (Wildman–Crippen LogP) is 4.38. The van der Waals surface area contributed by atoms with Crippen LogP contribution < -0.4 is 4.90 Å². The van der Waals surface area contributed by atoms with E-state index in [4.69, 9.17) is 4.42 Å². The number of halogens is 2. The van der Waals surface area contributed by atoms with Crippen molar-refractivity contribution < 1.29 is 18.0 Å². The summed E-state index contributed by atoms with van der Waals surface area (Å²) in [6.45, 7) is 2.29. The molecule has 1 saturated heterocycles. The lowest BCUT2D eigenvalue weighted by Gasteiger charge is -2.35. The minimum atomic E-state index is -0.372. The second-order valence-electron chi connectivity index (χ2n) is 8.77. The van der Waals surface area contributed by atoms with E-state index < -0.39 is 0 Å². The molecule has 3 aromatic heterocycles. The van der Waals surface area contributed by atoms with Gasteiger partial charge in [-0.2, -0.15) is 0 Å². The van der Waals surface area contributed by atoms with E-state index in [0.29, 0.717) is 49.0 Å². The first-order chi connectivity index (χ1) is 18.0. The third-order valence-electron chi connectivity index (χ3n) is 6.45. The number of amides is 1. The number of hydrogen-bond donors (Lipinski definition) is 0. The second-order valence-corrected chi connectivity index (χ2v) is 8.77. The summed E-state index contributed by atoms with van der Waals surface area (Å²) in [4.78, 5) is 26.3. The molecule has 1 fully saturated rings. The van der Waals surface area contributed by atoms with E-state index in [0.717, 1.165) is 16.8 Å². The van der Waals surface area contributed by atoms with Gasteiger partial charge in [-0.15, -0.1) is 5.10 Å². The van der Waals surface area contributed by atoms with Crippen LogP contribution in [0.25, 0.3) is 33.7 Å². The number of fused-ring (bicyclic) bond motifs is 1. The molecule has 5 aromatic rings. The van der Waals surface area contributed by atoms with Gasteiger partial charge in [-0.3, -0.25) is 4.79 Å². The van der Waals surface area contributed by atoms with Gasteiger partial charge in [-0.25, -0.2) is 23.4 Å². The number of piperazine rings is 1. The van der Waals surface area contributed by atoms with Gasteiger partial charge in [-0.05, 0) is 60.7 Å². The Labute approximate surface area is 210 Å². The Balaban J connectivity index is 1.22. The van der Waals surface area contributed by atoms with E-state index in [9.17, 15) is 13.6 Å². The molecule has 0 N–H and O–H groups in total. The molecule has 186 valence electrons. The minimum Gasteiger partial charge on any atom is -0.464 e. The molecule has 0 radical (unpaired) electrons. The summed E-state index contributed by atoms with van der Waals surface area (Å²) in [6, 6.07) is 15.4. The first-order valence-electron chi connectivity index (χ1n) is 11.9. The first-order valence-corrected chi connectivity index (χ1v) is 11.9. The molecule has 0 atom stereocenters. The lowest BCUT2D eigenvalue weighted by atomic mass is 10.2. The molecule has 37 heavy (non-hydrogen) atoms. The molecule has 0 saturated carbocycles. The number of hydrogen-bond acceptors (Lipinski definition) is 6. The van der Waals surface area contributed by atoms with Crippen LogP contribution in [0, 0.1) is 11.6 Å². The molecule has 0 unspecified atom stereocenters. The van der Waals surface area contributed by atoms with Gasteiger partial charge in [-0.1, -0.05) is 0 Å². The largest absolute Gasteiger partial charge is 0.464 e. The molecule has 10 heteroatoms. The van der Waals surface area contributed by atoms with E-state index in [1.165, 1.54) is 28.9 Å². The highest BCUT2D eigenvalue weighted by atomic mass is 19.1. The summed E-state index contributed by atoms with van der Waals surface area (Å²) in [5.41, 5.74) is 2.02. The number of rotatable bonds is 5. The highest BCUT2D eigenvalue weighted by molar-refractivity contribution is 5.88. The molecule has 1 aliphatic rings. The van der Waals surface area contributed by atoms with Crippen LogP contribution in [-0.2, 0) is 11.3 Å². The van der Waals surface area contributed by atoms with Crippen molar-refractivity contribution in [2.45, 2.75) is 6.54 Å². The fourth-order valence-electron chi connectivity index (χ4n) is 4.51. The second kappa shape index (κ2) is 9.45. The number of carbonyl (C=O) groups is 1. The van der Waals surface area contributed by atoms with Crippen molar-refractivity contribution >= 4 is 22.7 Å². The summed E-state index contributed by atoms with van der Waals surface area (Å²) in [5.74, 6) is 0.794. The Kier molecular flexibility index (Phi) is 5.84. The van der Waals surface area contributed by atoms with Gasteiger partial charge in [0, 0.05) is 43.5 Å². The van der Waals surface area contributed by atoms with E-state index in [2.05, 4.69) is 20.0 Å². The zero-order valence-corrected chi connectivity index (χ0v) is 19.7. The van der Waals surface area contributed by atoms with Gasteiger partial charge in [0.2, 0.25) is 5.91 Å². The van der Waals surface area contributed by atoms with Crippen molar-refractivity contribution in [3.8, 4) is 22.8 Å². The SMILES string of the molecule is O=C(Cn1nc(-c2ccc(F)cc2)nc1-c1ccc(F)cc1)N1CCN(c2nccc3occc23)CC1. The number of benzene rings is 2. The van der Waals surface area contributed by atoms with Crippen LogP contribution in [0.4, 0.5) is 14.6 Å². The zero-order chi connectivity index (χ0) is 25.4. The van der Waals surface area contributed by atoms with Crippen LogP contribution in [0.2, 0.25) is 0 Å². The molecular weight excluding hydrogens is 478 g/mol. The van der Waals surface area contributed by atoms with Crippen LogP contribution in [0.15, 0.2) is 77.5 Å². The van der Waals surface area contributed by atoms with Gasteiger partial charge >= 0.3 is 0 Å². The highest BCUT2D eigenvalue weighted by Gasteiger charge is 2.25. The monoisotopic (exact) mass is 500 g/mol. The summed E-state index contributed by atoms with van der Waals surface area (Å²) in [7, 11) is 0. The van der Waals surface area contributed by atoms with Crippen LogP contribution in [0.5, 0.6) is 0 Å². The van der Waals surface area contributed by atoms with Crippen molar-refractivity contribution in [1.29, 1.82) is 0 Å². The highest BCUT2D eigenvalue weighted by Crippen LogP contribution is 2.27. The number of anilines is 1. The molecule has 8 nitrogen and oxygen atoms in total. The fraction of sp³-hybridized carbons (Fsp3) is 0.185. The molecule has 2 aromatic carbocycles. The van der Waals surface area contributed by atoms with Crippen molar-refractivity contribution in [3.05, 3.63) is 84.8 Å². The third kappa shape index (κ3) is 4.53. The average molecular weight is 501 g/mol. The van der Waals surface area contributed by atoms with Gasteiger partial charge in [0.05, 0.1) is 11.6 Å². The van der Waals surface area contributed by atoms with Crippen LogP contribution in [0.1, 0.15) is 0 Å². The summed E-state index contributed by atoms with van der Waals surface area (Å²) in [5, 5.41) is 5.49. The maximum Gasteiger partial charge on any atom is 0.244 e. The van der Waals surface area contributed by atoms with E-state index >= 15 is 0 Å². The summed E-state index contributed by atoms with van der Waals surface area (Å²) < 4.78 is 34.0. The first kappa shape index (κ1) is 22.8. The van der Waals surface area contributed by atoms with Gasteiger partial charge < -0.3 is 14.2 Å². The molecule has 1 aliphatic heterocycles. The number of furan rings is 1. The Morgan fingerprint density at radius 1 is 0.865 bits per heavy atom. The van der Waals surface area contributed by atoms with Gasteiger partial charge in [0.15, 0.2) is 11.6 Å². The smallest absolute Gasteiger partial charge is 0.244 e. The molecule has 0 spiro atoms. The molecule has 0 aliphatic carbocycles. The quantitative estimate of drug-likeness (QED) is 0.356. The van der Waals surface area contributed by atoms with Crippen LogP contribution in [-0.4, -0.2) is 56.7 Å². The van der Waals surface area contributed by atoms with Crippen LogP contribution in [0.3, 0.4) is 0 Å². The van der Waals surface area contributed by atoms with Crippen molar-refractivity contribution in [2.75, 3.05) is 31.1 Å². The Hall–Kier alpha value is -4.60. The third-order valence-corrected chi connectivity index (χ3v) is 6.45. The summed E-state index contributed by atoms with van der Waals surface area (Å²) >= 11 is 0. The van der Waals surface area contributed by atoms with E-state index in [1.54, 1.807) is 41.6 Å². The standard InChI is InChI=1S/C27H22F2N6O2/c28-20-5-1-18(2-6-20)25-31-26(19-3-7-21(29)8-4-19)35(32-25)17-24(36)33-12-14-34(15-13-33)27-22-10-16-37-23(22)9-11-30-27/h1-11,16H,12-15,17H2. The Morgan fingerprint density at radius 3 is 2.24 bits per heavy atom. The predicted molar refractivity (Wildman–Crippen MR) is 134 cm³/mol. The molecule has 1 amide bonds. The lowest BCUT2D eigenvalue weighted by Crippen LogP contribution is -2.50. The number of pyridine rings is 1. The molecule has 4 heterocycles. The van der Waals surface area contributed by atoms with Crippen LogP contribution >= 0.6 is 0 Å². The van der Waals surface area contributed by atoms with Crippen molar-refractivity contribution in [3.63, 3.8) is 0 Å². The zero-order valence-electron chi connectivity index (χ0n) is 19.7. The Bertz CT molecular complexity index is 1550. The molecule has 0 bridgehead atoms. The maximum absolute atomic E-state index is 13.5. The minimum absolute atomic E-state index is 0.0313.